The number of halogens is 1. The molecule has 0 radical (unpaired) electrons. The van der Waals surface area contributed by atoms with Crippen LogP contribution in [0.1, 0.15) is 30.6 Å². The molecule has 166 valence electrons. The van der Waals surface area contributed by atoms with Gasteiger partial charge in [0, 0.05) is 36.4 Å². The fourth-order valence-corrected chi connectivity index (χ4v) is 5.00. The third-order valence-electron chi connectivity index (χ3n) is 5.48. The second-order valence-corrected chi connectivity index (χ2v) is 9.02. The van der Waals surface area contributed by atoms with Crippen molar-refractivity contribution in [1.29, 1.82) is 0 Å². The number of hydrogen-bond acceptors (Lipinski definition) is 8. The van der Waals surface area contributed by atoms with Crippen molar-refractivity contribution in [3.63, 3.8) is 0 Å². The molecule has 3 aromatic heterocycles. The van der Waals surface area contributed by atoms with Gasteiger partial charge in [0.25, 0.3) is 0 Å². The second kappa shape index (κ2) is 8.91. The second-order valence-electron chi connectivity index (χ2n) is 7.67. The van der Waals surface area contributed by atoms with E-state index in [-0.39, 0.29) is 10.8 Å². The van der Waals surface area contributed by atoms with Crippen LogP contribution in [0.4, 0.5) is 5.95 Å². The van der Waals surface area contributed by atoms with E-state index >= 15 is 0 Å². The van der Waals surface area contributed by atoms with Crippen molar-refractivity contribution >= 4 is 40.3 Å². The van der Waals surface area contributed by atoms with Crippen LogP contribution in [0.3, 0.4) is 0 Å². The Morgan fingerprint density at radius 2 is 2.00 bits per heavy atom. The van der Waals surface area contributed by atoms with E-state index in [2.05, 4.69) is 19.7 Å². The highest BCUT2D eigenvalue weighted by Gasteiger charge is 2.21. The van der Waals surface area contributed by atoms with E-state index in [0.717, 1.165) is 48.4 Å². The molecule has 1 aromatic carbocycles. The van der Waals surface area contributed by atoms with Gasteiger partial charge in [-0.2, -0.15) is 0 Å². The lowest BCUT2D eigenvalue weighted by molar-refractivity contribution is 0.473. The zero-order valence-electron chi connectivity index (χ0n) is 17.2. The number of rotatable bonds is 6. The molecule has 1 saturated heterocycles. The molecule has 10 heteroatoms. The van der Waals surface area contributed by atoms with Crippen molar-refractivity contribution in [1.82, 2.24) is 14.8 Å². The number of aromatic hydroxyl groups is 1. The molecule has 0 saturated carbocycles. The topological polar surface area (TPSA) is 97.5 Å². The summed E-state index contributed by atoms with van der Waals surface area (Å²) in [5, 5.41) is 20.4. The lowest BCUT2D eigenvalue weighted by Gasteiger charge is -2.27. The summed E-state index contributed by atoms with van der Waals surface area (Å²) < 4.78 is 12.9. The SMILES string of the molecule is O=c1cc(CSc2nnc(N3CCCCC3)n2Cc2ccco2)c2cc(Cl)c(O)cc2o1. The lowest BCUT2D eigenvalue weighted by atomic mass is 10.1. The Balaban J connectivity index is 1.47. The summed E-state index contributed by atoms with van der Waals surface area (Å²) in [4.78, 5) is 14.3. The molecule has 0 spiro atoms. The van der Waals surface area contributed by atoms with Gasteiger partial charge in [0.2, 0.25) is 5.95 Å². The summed E-state index contributed by atoms with van der Waals surface area (Å²) in [7, 11) is 0. The molecule has 0 unspecified atom stereocenters. The van der Waals surface area contributed by atoms with Crippen molar-refractivity contribution in [2.75, 3.05) is 18.0 Å². The van der Waals surface area contributed by atoms with Crippen molar-refractivity contribution < 1.29 is 13.9 Å². The number of fused-ring (bicyclic) bond motifs is 1. The van der Waals surface area contributed by atoms with Crippen LogP contribution >= 0.6 is 23.4 Å². The number of furan rings is 1. The third kappa shape index (κ3) is 4.22. The third-order valence-corrected chi connectivity index (χ3v) is 6.80. The smallest absolute Gasteiger partial charge is 0.336 e. The Kier molecular flexibility index (Phi) is 5.84. The summed E-state index contributed by atoms with van der Waals surface area (Å²) in [5.74, 6) is 1.97. The van der Waals surface area contributed by atoms with Gasteiger partial charge >= 0.3 is 5.63 Å². The maximum absolute atomic E-state index is 12.1. The Morgan fingerprint density at radius 3 is 2.78 bits per heavy atom. The summed E-state index contributed by atoms with van der Waals surface area (Å²) in [5.41, 5.74) is 0.553. The highest BCUT2D eigenvalue weighted by Crippen LogP contribution is 2.33. The number of phenolic OH excluding ortho intramolecular Hbond substituents is 1. The first-order valence-electron chi connectivity index (χ1n) is 10.4. The predicted molar refractivity (Wildman–Crippen MR) is 123 cm³/mol. The van der Waals surface area contributed by atoms with Gasteiger partial charge in [0.1, 0.15) is 17.1 Å². The van der Waals surface area contributed by atoms with Crippen molar-refractivity contribution in [2.45, 2.75) is 36.7 Å². The van der Waals surface area contributed by atoms with E-state index in [1.54, 1.807) is 12.3 Å². The zero-order valence-corrected chi connectivity index (χ0v) is 18.7. The van der Waals surface area contributed by atoms with E-state index in [9.17, 15) is 9.90 Å². The summed E-state index contributed by atoms with van der Waals surface area (Å²) >= 11 is 7.57. The van der Waals surface area contributed by atoms with E-state index in [4.69, 9.17) is 20.4 Å². The Hall–Kier alpha value is -2.91. The van der Waals surface area contributed by atoms with Gasteiger partial charge < -0.3 is 18.8 Å². The van der Waals surface area contributed by atoms with Crippen LogP contribution < -0.4 is 10.5 Å². The molecule has 1 N–H and O–H groups in total. The van der Waals surface area contributed by atoms with Gasteiger partial charge in [0.15, 0.2) is 5.16 Å². The summed E-state index contributed by atoms with van der Waals surface area (Å²) in [6, 6.07) is 8.21. The average molecular weight is 473 g/mol. The first-order valence-corrected chi connectivity index (χ1v) is 11.7. The number of benzene rings is 1. The van der Waals surface area contributed by atoms with Crippen LogP contribution in [0.5, 0.6) is 5.75 Å². The molecule has 8 nitrogen and oxygen atoms in total. The number of phenols is 1. The van der Waals surface area contributed by atoms with Gasteiger partial charge in [-0.3, -0.25) is 4.57 Å². The van der Waals surface area contributed by atoms with Gasteiger partial charge in [0.05, 0.1) is 17.8 Å². The molecule has 5 rings (SSSR count). The van der Waals surface area contributed by atoms with Crippen molar-refractivity contribution in [3.8, 4) is 5.75 Å². The number of hydrogen-bond donors (Lipinski definition) is 1. The minimum Gasteiger partial charge on any atom is -0.506 e. The van der Waals surface area contributed by atoms with Gasteiger partial charge in [-0.1, -0.05) is 23.4 Å². The van der Waals surface area contributed by atoms with Crippen LogP contribution in [0, 0.1) is 0 Å². The molecular weight excluding hydrogens is 452 g/mol. The van der Waals surface area contributed by atoms with Crippen LogP contribution in [0.2, 0.25) is 5.02 Å². The van der Waals surface area contributed by atoms with Crippen molar-refractivity contribution in [2.24, 2.45) is 0 Å². The maximum atomic E-state index is 12.1. The van der Waals surface area contributed by atoms with Gasteiger partial charge in [-0.25, -0.2) is 4.79 Å². The molecule has 0 atom stereocenters. The Morgan fingerprint density at radius 1 is 1.16 bits per heavy atom. The lowest BCUT2D eigenvalue weighted by Crippen LogP contribution is -2.32. The summed E-state index contributed by atoms with van der Waals surface area (Å²) in [6.45, 7) is 2.42. The van der Waals surface area contributed by atoms with Crippen LogP contribution in [-0.4, -0.2) is 33.0 Å². The van der Waals surface area contributed by atoms with Crippen LogP contribution in [0.15, 0.2) is 55.4 Å². The van der Waals surface area contributed by atoms with Crippen LogP contribution in [0.25, 0.3) is 11.0 Å². The number of thioether (sulfide) groups is 1. The predicted octanol–water partition coefficient (Wildman–Crippen LogP) is 4.67. The zero-order chi connectivity index (χ0) is 22.1. The van der Waals surface area contributed by atoms with E-state index in [0.29, 0.717) is 23.3 Å². The number of anilines is 1. The molecule has 0 bridgehead atoms. The molecular formula is C22H21ClN4O4S. The first kappa shape index (κ1) is 21.0. The average Bonchev–Trinajstić information content (AvgIpc) is 3.44. The van der Waals surface area contributed by atoms with Crippen LogP contribution in [-0.2, 0) is 12.3 Å². The van der Waals surface area contributed by atoms with Gasteiger partial charge in [-0.05, 0) is 43.0 Å². The fraction of sp³-hybridized carbons (Fsp3) is 0.318. The van der Waals surface area contributed by atoms with Crippen molar-refractivity contribution in [3.05, 3.63) is 63.4 Å². The molecule has 4 heterocycles. The summed E-state index contributed by atoms with van der Waals surface area (Å²) in [6.07, 6.45) is 5.15. The standard InChI is InChI=1S/C22H21ClN4O4S/c23-17-10-16-14(9-20(29)31-19(16)11-18(17)28)13-32-22-25-24-21(26-6-2-1-3-7-26)27(22)12-15-5-4-8-30-15/h4-5,8-11,28H,1-3,6-7,12-13H2. The van der Waals surface area contributed by atoms with E-state index in [1.807, 2.05) is 12.1 Å². The molecule has 4 aromatic rings. The highest BCUT2D eigenvalue weighted by molar-refractivity contribution is 7.98. The Labute approximate surface area is 192 Å². The molecule has 1 aliphatic rings. The maximum Gasteiger partial charge on any atom is 0.336 e. The van der Waals surface area contributed by atoms with E-state index in [1.165, 1.54) is 30.3 Å². The molecule has 0 amide bonds. The minimum atomic E-state index is -0.485. The number of nitrogens with zero attached hydrogens (tertiary/aromatic N) is 4. The number of piperidine rings is 1. The largest absolute Gasteiger partial charge is 0.506 e. The first-order chi connectivity index (χ1) is 15.6. The normalized spacial score (nSPS) is 14.3. The fourth-order valence-electron chi connectivity index (χ4n) is 3.91. The van der Waals surface area contributed by atoms with Gasteiger partial charge in [-0.15, -0.1) is 10.2 Å². The van der Waals surface area contributed by atoms with E-state index < -0.39 is 5.63 Å². The molecule has 1 fully saturated rings. The highest BCUT2D eigenvalue weighted by atomic mass is 35.5. The monoisotopic (exact) mass is 472 g/mol. The number of aromatic nitrogens is 3. The molecule has 0 aliphatic carbocycles. The molecule has 1 aliphatic heterocycles. The Bertz CT molecular complexity index is 1300. The molecule has 32 heavy (non-hydrogen) atoms. The quantitative estimate of drug-likeness (QED) is 0.319. The minimum absolute atomic E-state index is 0.128.